The summed E-state index contributed by atoms with van der Waals surface area (Å²) in [5, 5.41) is 11.1. The lowest BCUT2D eigenvalue weighted by atomic mass is 9.56. The molecule has 2 fully saturated rings. The summed E-state index contributed by atoms with van der Waals surface area (Å²) >= 11 is 3.28. The van der Waals surface area contributed by atoms with Crippen LogP contribution in [0.5, 0.6) is 0 Å². The van der Waals surface area contributed by atoms with Gasteiger partial charge in [-0.25, -0.2) is 0 Å². The van der Waals surface area contributed by atoms with E-state index in [1.54, 1.807) is 22.7 Å². The minimum Gasteiger partial charge on any atom is -0.324 e. The maximum atomic E-state index is 15.1. The summed E-state index contributed by atoms with van der Waals surface area (Å²) in [7, 11) is 2.06. The highest BCUT2D eigenvalue weighted by molar-refractivity contribution is 7.11. The number of para-hydroxylation sites is 1. The van der Waals surface area contributed by atoms with Crippen LogP contribution < -0.4 is 10.6 Å². The van der Waals surface area contributed by atoms with Gasteiger partial charge in [0.1, 0.15) is 5.54 Å². The largest absolute Gasteiger partial charge is 0.324 e. The first-order chi connectivity index (χ1) is 18.5. The molecule has 2 N–H and O–H groups in total. The number of carbonyl (C=O) groups is 2. The van der Waals surface area contributed by atoms with E-state index in [1.807, 2.05) is 72.1 Å². The molecule has 4 aromatic rings. The van der Waals surface area contributed by atoms with Crippen LogP contribution in [0.15, 0.2) is 95.2 Å². The molecule has 0 aliphatic carbocycles. The molecule has 38 heavy (non-hydrogen) atoms. The third-order valence-electron chi connectivity index (χ3n) is 8.35. The lowest BCUT2D eigenvalue weighted by Crippen LogP contribution is -2.65. The molecule has 5 nitrogen and oxygen atoms in total. The van der Waals surface area contributed by atoms with Crippen molar-refractivity contribution in [3.05, 3.63) is 116 Å². The van der Waals surface area contributed by atoms with E-state index in [4.69, 9.17) is 0 Å². The van der Waals surface area contributed by atoms with Gasteiger partial charge in [-0.2, -0.15) is 0 Å². The first kappa shape index (κ1) is 23.7. The predicted octanol–water partition coefficient (Wildman–Crippen LogP) is 5.67. The topological polar surface area (TPSA) is 61.4 Å². The van der Waals surface area contributed by atoms with Crippen molar-refractivity contribution >= 4 is 46.1 Å². The fourth-order valence-electron chi connectivity index (χ4n) is 7.01. The Morgan fingerprint density at radius 1 is 0.921 bits per heavy atom. The number of amides is 1. The van der Waals surface area contributed by atoms with Gasteiger partial charge in [-0.15, -0.1) is 22.7 Å². The molecule has 0 unspecified atom stereocenters. The molecule has 4 atom stereocenters. The molecule has 7 heteroatoms. The van der Waals surface area contributed by atoms with Crippen LogP contribution in [-0.4, -0.2) is 36.7 Å². The Balaban J connectivity index is 1.55. The van der Waals surface area contributed by atoms with Gasteiger partial charge in [0.25, 0.3) is 5.91 Å². The number of thiophene rings is 2. The summed E-state index contributed by atoms with van der Waals surface area (Å²) in [6, 6.07) is 26.1. The highest BCUT2D eigenvalue weighted by atomic mass is 32.1. The van der Waals surface area contributed by atoms with Crippen LogP contribution in [0.2, 0.25) is 0 Å². The van der Waals surface area contributed by atoms with Gasteiger partial charge in [0.15, 0.2) is 5.78 Å². The molecule has 0 radical (unpaired) electrons. The second kappa shape index (κ2) is 8.85. The molecule has 2 aromatic carbocycles. The van der Waals surface area contributed by atoms with E-state index < -0.39 is 11.0 Å². The molecule has 1 amide bonds. The van der Waals surface area contributed by atoms with Crippen LogP contribution in [0.1, 0.15) is 32.8 Å². The zero-order valence-electron chi connectivity index (χ0n) is 20.9. The van der Waals surface area contributed by atoms with Crippen molar-refractivity contribution in [2.45, 2.75) is 17.5 Å². The van der Waals surface area contributed by atoms with Crippen molar-refractivity contribution in [3.8, 4) is 0 Å². The molecule has 5 heterocycles. The average Bonchev–Trinajstić information content (AvgIpc) is 3.72. The number of hydrogen-bond donors (Lipinski definition) is 2. The van der Waals surface area contributed by atoms with Crippen LogP contribution in [0.25, 0.3) is 6.08 Å². The number of nitrogens with one attached hydrogen (secondary N) is 2. The fraction of sp³-hybridized carbons (Fsp3) is 0.226. The molecule has 2 saturated heterocycles. The zero-order valence-corrected chi connectivity index (χ0v) is 22.5. The van der Waals surface area contributed by atoms with Gasteiger partial charge < -0.3 is 10.2 Å². The number of benzene rings is 2. The molecular formula is C31H27N3O2S2. The van der Waals surface area contributed by atoms with Gasteiger partial charge in [0, 0.05) is 51.6 Å². The lowest BCUT2D eigenvalue weighted by molar-refractivity contribution is -0.141. The summed E-state index contributed by atoms with van der Waals surface area (Å²) < 4.78 is 0. The Morgan fingerprint density at radius 2 is 1.68 bits per heavy atom. The van der Waals surface area contributed by atoms with Gasteiger partial charge in [-0.05, 0) is 47.6 Å². The van der Waals surface area contributed by atoms with Crippen molar-refractivity contribution in [2.75, 3.05) is 25.5 Å². The van der Waals surface area contributed by atoms with Crippen molar-refractivity contribution < 1.29 is 9.59 Å². The predicted molar refractivity (Wildman–Crippen MR) is 153 cm³/mol. The van der Waals surface area contributed by atoms with Gasteiger partial charge in [0.05, 0.1) is 5.41 Å². The number of likely N-dealkylation sites (tertiary alicyclic amines) is 1. The number of piperidine rings is 1. The first-order valence-corrected chi connectivity index (χ1v) is 14.5. The highest BCUT2D eigenvalue weighted by Crippen LogP contribution is 2.66. The third kappa shape index (κ3) is 3.23. The van der Waals surface area contributed by atoms with Gasteiger partial charge in [0.2, 0.25) is 0 Å². The Hall–Kier alpha value is -3.36. The normalized spacial score (nSPS) is 29.9. The summed E-state index contributed by atoms with van der Waals surface area (Å²) in [6.45, 7) is 1.01. The van der Waals surface area contributed by atoms with E-state index >= 15 is 4.79 Å². The number of likely N-dealkylation sites (N-methyl/N-ethyl adjacent to an activating group) is 1. The van der Waals surface area contributed by atoms with Gasteiger partial charge in [-0.3, -0.25) is 14.9 Å². The van der Waals surface area contributed by atoms with Crippen LogP contribution in [0.4, 0.5) is 5.69 Å². The third-order valence-corrected chi connectivity index (χ3v) is 10.1. The Labute approximate surface area is 229 Å². The molecule has 3 aliphatic rings. The molecule has 3 aliphatic heterocycles. The Kier molecular flexibility index (Phi) is 5.53. The van der Waals surface area contributed by atoms with E-state index in [1.165, 1.54) is 0 Å². The number of rotatable bonds is 3. The quantitative estimate of drug-likeness (QED) is 0.331. The SMILES string of the molecule is CN1C/C(=C\c2cccs2)C(=O)[C@]2(C1)[C@@H](c1cccs1)[C@H](c1ccccc1)N[C@@]21C(=O)Nc2ccccc21. The van der Waals surface area contributed by atoms with Crippen LogP contribution in [-0.2, 0) is 15.1 Å². The molecule has 0 bridgehead atoms. The number of hydrogen-bond acceptors (Lipinski definition) is 6. The fourth-order valence-corrected chi connectivity index (χ4v) is 8.64. The van der Waals surface area contributed by atoms with E-state index in [2.05, 4.69) is 46.2 Å². The number of Topliss-reactive ketones (excluding diaryl/α,β-unsaturated/α-hetero) is 1. The Bertz CT molecular complexity index is 1550. The average molecular weight is 538 g/mol. The second-order valence-electron chi connectivity index (χ2n) is 10.4. The molecule has 190 valence electrons. The number of carbonyl (C=O) groups excluding carboxylic acids is 2. The van der Waals surface area contributed by atoms with Crippen LogP contribution in [0.3, 0.4) is 0 Å². The molecule has 0 saturated carbocycles. The second-order valence-corrected chi connectivity index (χ2v) is 12.4. The summed E-state index contributed by atoms with van der Waals surface area (Å²) in [6.07, 6.45) is 2.03. The smallest absolute Gasteiger partial charge is 0.250 e. The van der Waals surface area contributed by atoms with Gasteiger partial charge >= 0.3 is 0 Å². The monoisotopic (exact) mass is 537 g/mol. The van der Waals surface area contributed by atoms with E-state index in [-0.39, 0.29) is 23.7 Å². The van der Waals surface area contributed by atoms with Crippen molar-refractivity contribution in [1.29, 1.82) is 0 Å². The molecule has 2 spiro atoms. The minimum absolute atomic E-state index is 0.0557. The summed E-state index contributed by atoms with van der Waals surface area (Å²) in [4.78, 5) is 33.8. The van der Waals surface area contributed by atoms with Crippen molar-refractivity contribution in [2.24, 2.45) is 5.41 Å². The summed E-state index contributed by atoms with van der Waals surface area (Å²) in [5.74, 6) is -0.346. The number of fused-ring (bicyclic) bond motifs is 3. The van der Waals surface area contributed by atoms with E-state index in [0.717, 1.165) is 32.1 Å². The highest BCUT2D eigenvalue weighted by Gasteiger charge is 2.75. The molecule has 2 aromatic heterocycles. The summed E-state index contributed by atoms with van der Waals surface area (Å²) in [5.41, 5.74) is 1.15. The number of anilines is 1. The minimum atomic E-state index is -1.22. The van der Waals surface area contributed by atoms with E-state index in [0.29, 0.717) is 13.1 Å². The number of nitrogens with zero attached hydrogens (tertiary/aromatic N) is 1. The van der Waals surface area contributed by atoms with Gasteiger partial charge in [-0.1, -0.05) is 60.7 Å². The van der Waals surface area contributed by atoms with Crippen LogP contribution >= 0.6 is 22.7 Å². The molecule has 7 rings (SSSR count). The molecular weight excluding hydrogens is 510 g/mol. The zero-order chi connectivity index (χ0) is 25.9. The maximum absolute atomic E-state index is 15.1. The van der Waals surface area contributed by atoms with Crippen LogP contribution in [0, 0.1) is 5.41 Å². The lowest BCUT2D eigenvalue weighted by Gasteiger charge is -2.49. The maximum Gasteiger partial charge on any atom is 0.250 e. The standard InChI is InChI=1S/C31H27N3O2S2/c1-34-18-21(17-22-11-7-15-37-22)28(35)30(19-34)26(25-14-8-16-38-25)27(20-9-3-2-4-10-20)33-31(30)23-12-5-6-13-24(23)32-29(31)36/h2-17,26-27,33H,18-19H2,1H3,(H,32,36)/b21-17+/t26-,27-,30-,31-/m0/s1. The van der Waals surface area contributed by atoms with Crippen molar-refractivity contribution in [1.82, 2.24) is 10.2 Å². The van der Waals surface area contributed by atoms with E-state index in [9.17, 15) is 4.79 Å². The number of ketones is 1. The Morgan fingerprint density at radius 3 is 2.45 bits per heavy atom. The van der Waals surface area contributed by atoms with Crippen molar-refractivity contribution in [3.63, 3.8) is 0 Å². The first-order valence-electron chi connectivity index (χ1n) is 12.8.